The molecule has 1 aromatic rings. The van der Waals surface area contributed by atoms with Gasteiger partial charge in [-0.25, -0.2) is 4.79 Å². The molecule has 7 heteroatoms. The normalized spacial score (nSPS) is 10.5. The first-order chi connectivity index (χ1) is 9.12. The zero-order chi connectivity index (χ0) is 14.3. The van der Waals surface area contributed by atoms with Crippen LogP contribution in [0.3, 0.4) is 0 Å². The average Bonchev–Trinajstić information content (AvgIpc) is 2.37. The van der Waals surface area contributed by atoms with Crippen molar-refractivity contribution >= 4 is 23.8 Å². The highest BCUT2D eigenvalue weighted by Gasteiger charge is 2.14. The van der Waals surface area contributed by atoms with Gasteiger partial charge in [-0.1, -0.05) is 16.8 Å². The third-order valence-corrected chi connectivity index (χ3v) is 2.32. The van der Waals surface area contributed by atoms with Gasteiger partial charge in [-0.2, -0.15) is 0 Å². The number of hydrogen-bond acceptors (Lipinski definition) is 6. The molecule has 1 N–H and O–H groups in total. The van der Waals surface area contributed by atoms with Gasteiger partial charge in [0.15, 0.2) is 18.1 Å². The zero-order valence-corrected chi connectivity index (χ0v) is 11.3. The first-order valence-corrected chi connectivity index (χ1v) is 5.83. The molecule has 6 nitrogen and oxygen atoms in total. The van der Waals surface area contributed by atoms with E-state index in [9.17, 15) is 4.79 Å². The van der Waals surface area contributed by atoms with Gasteiger partial charge in [0.05, 0.1) is 19.9 Å². The monoisotopic (exact) mass is 287 g/mol. The van der Waals surface area contributed by atoms with Gasteiger partial charge in [-0.3, -0.25) is 0 Å². The van der Waals surface area contributed by atoms with Gasteiger partial charge < -0.3 is 19.4 Å². The highest BCUT2D eigenvalue weighted by atomic mass is 35.5. The van der Waals surface area contributed by atoms with E-state index < -0.39 is 5.97 Å². The van der Waals surface area contributed by atoms with Crippen molar-refractivity contribution in [1.29, 1.82) is 0 Å². The number of carbonyl (C=O) groups excluding carboxylic acids is 1. The van der Waals surface area contributed by atoms with Crippen molar-refractivity contribution in [2.75, 3.05) is 20.3 Å². The molecule has 0 spiro atoms. The molecule has 0 atom stereocenters. The molecular weight excluding hydrogens is 274 g/mol. The number of halogens is 1. The van der Waals surface area contributed by atoms with Crippen LogP contribution in [0.4, 0.5) is 0 Å². The van der Waals surface area contributed by atoms with E-state index >= 15 is 0 Å². The third-order valence-electron chi connectivity index (χ3n) is 2.10. The lowest BCUT2D eigenvalue weighted by Gasteiger charge is -2.13. The summed E-state index contributed by atoms with van der Waals surface area (Å²) in [5.41, 5.74) is 0.385. The number of nitrogens with zero attached hydrogens (tertiary/aromatic N) is 1. The van der Waals surface area contributed by atoms with E-state index in [1.165, 1.54) is 19.2 Å². The van der Waals surface area contributed by atoms with E-state index in [2.05, 4.69) is 5.16 Å². The number of oxime groups is 1. The van der Waals surface area contributed by atoms with Gasteiger partial charge in [-0.15, -0.1) is 0 Å². The minimum atomic E-state index is -0.508. The van der Waals surface area contributed by atoms with Gasteiger partial charge in [0.25, 0.3) is 0 Å². The van der Waals surface area contributed by atoms with Crippen LogP contribution in [-0.4, -0.2) is 37.7 Å². The summed E-state index contributed by atoms with van der Waals surface area (Å²) in [4.78, 5) is 11.3. The van der Waals surface area contributed by atoms with Crippen molar-refractivity contribution < 1.29 is 24.2 Å². The molecule has 0 fully saturated rings. The Balaban J connectivity index is 2.99. The molecule has 0 amide bonds. The second kappa shape index (κ2) is 7.48. The van der Waals surface area contributed by atoms with Crippen LogP contribution in [0.5, 0.6) is 11.5 Å². The number of rotatable bonds is 6. The lowest BCUT2D eigenvalue weighted by molar-refractivity contribution is -0.145. The third kappa shape index (κ3) is 4.33. The molecule has 0 saturated heterocycles. The van der Waals surface area contributed by atoms with Gasteiger partial charge in [0, 0.05) is 16.7 Å². The van der Waals surface area contributed by atoms with Crippen LogP contribution < -0.4 is 9.47 Å². The predicted molar refractivity (Wildman–Crippen MR) is 69.5 cm³/mol. The molecule has 0 heterocycles. The summed E-state index contributed by atoms with van der Waals surface area (Å²) in [6, 6.07) is 3.04. The summed E-state index contributed by atoms with van der Waals surface area (Å²) >= 11 is 5.88. The van der Waals surface area contributed by atoms with Crippen LogP contribution in [0.25, 0.3) is 0 Å². The first-order valence-electron chi connectivity index (χ1n) is 5.45. The highest BCUT2D eigenvalue weighted by Crippen LogP contribution is 2.33. The molecular formula is C12H14ClNO5. The molecule has 1 rings (SSSR count). The van der Waals surface area contributed by atoms with E-state index in [0.29, 0.717) is 16.3 Å². The van der Waals surface area contributed by atoms with Crippen LogP contribution in [0, 0.1) is 0 Å². The molecule has 0 bridgehead atoms. The second-order valence-corrected chi connectivity index (χ2v) is 3.80. The number of benzene rings is 1. The van der Waals surface area contributed by atoms with Crippen molar-refractivity contribution in [1.82, 2.24) is 0 Å². The lowest BCUT2D eigenvalue weighted by atomic mass is 10.2. The van der Waals surface area contributed by atoms with Crippen LogP contribution in [0.15, 0.2) is 17.3 Å². The summed E-state index contributed by atoms with van der Waals surface area (Å²) < 4.78 is 15.2. The molecule has 1 aromatic carbocycles. The Morgan fingerprint density at radius 3 is 2.84 bits per heavy atom. The first kappa shape index (κ1) is 15.1. The maximum atomic E-state index is 11.3. The Morgan fingerprint density at radius 2 is 2.26 bits per heavy atom. The van der Waals surface area contributed by atoms with Crippen molar-refractivity contribution in [3.8, 4) is 11.5 Å². The van der Waals surface area contributed by atoms with E-state index in [-0.39, 0.29) is 19.0 Å². The minimum Gasteiger partial charge on any atom is -0.493 e. The molecule has 0 aliphatic heterocycles. The Hall–Kier alpha value is -1.95. The van der Waals surface area contributed by atoms with E-state index in [4.69, 9.17) is 31.0 Å². The maximum absolute atomic E-state index is 11.3. The quantitative estimate of drug-likeness (QED) is 0.375. The standard InChI is InChI=1S/C12H14ClNO5/c1-3-18-11(15)7-19-12-8(6-14-16)4-9(13)5-10(12)17-2/h4-6,16H,3,7H2,1-2H3/b14-6-. The number of esters is 1. The van der Waals surface area contributed by atoms with Gasteiger partial charge in [-0.05, 0) is 13.0 Å². The van der Waals surface area contributed by atoms with Gasteiger partial charge in [0.2, 0.25) is 0 Å². The van der Waals surface area contributed by atoms with Crippen molar-refractivity contribution in [2.24, 2.45) is 5.16 Å². The molecule has 0 aromatic heterocycles. The molecule has 0 saturated carbocycles. The lowest BCUT2D eigenvalue weighted by Crippen LogP contribution is -2.15. The number of hydrogen-bond donors (Lipinski definition) is 1. The highest BCUT2D eigenvalue weighted by molar-refractivity contribution is 6.31. The SMILES string of the molecule is CCOC(=O)COc1c(/C=N\O)cc(Cl)cc1OC. The van der Waals surface area contributed by atoms with E-state index in [1.807, 2.05) is 0 Å². The minimum absolute atomic E-state index is 0.248. The predicted octanol–water partition coefficient (Wildman–Crippen LogP) is 2.10. The van der Waals surface area contributed by atoms with Gasteiger partial charge in [0.1, 0.15) is 0 Å². The topological polar surface area (TPSA) is 77.4 Å². The second-order valence-electron chi connectivity index (χ2n) is 3.36. The summed E-state index contributed by atoms with van der Waals surface area (Å²) in [5.74, 6) is 0.0656. The Labute approximate surface area is 115 Å². The molecule has 0 aliphatic carbocycles. The van der Waals surface area contributed by atoms with Crippen LogP contribution in [0.2, 0.25) is 5.02 Å². The van der Waals surface area contributed by atoms with E-state index in [1.54, 1.807) is 6.92 Å². The molecule has 104 valence electrons. The van der Waals surface area contributed by atoms with Crippen LogP contribution >= 0.6 is 11.6 Å². The van der Waals surface area contributed by atoms with Crippen molar-refractivity contribution in [2.45, 2.75) is 6.92 Å². The Kier molecular flexibility index (Phi) is 5.95. The average molecular weight is 288 g/mol. The van der Waals surface area contributed by atoms with E-state index in [0.717, 1.165) is 6.21 Å². The number of methoxy groups -OCH3 is 1. The maximum Gasteiger partial charge on any atom is 0.344 e. The largest absolute Gasteiger partial charge is 0.493 e. The fourth-order valence-corrected chi connectivity index (χ4v) is 1.60. The molecule has 0 radical (unpaired) electrons. The van der Waals surface area contributed by atoms with Crippen LogP contribution in [-0.2, 0) is 9.53 Å². The summed E-state index contributed by atoms with van der Waals surface area (Å²) in [5, 5.41) is 11.9. The number of carbonyl (C=O) groups is 1. The summed E-state index contributed by atoms with van der Waals surface area (Å²) in [6.07, 6.45) is 1.13. The van der Waals surface area contributed by atoms with Crippen molar-refractivity contribution in [3.63, 3.8) is 0 Å². The summed E-state index contributed by atoms with van der Waals surface area (Å²) in [6.45, 7) is 1.69. The Bertz CT molecular complexity index is 475. The van der Waals surface area contributed by atoms with Crippen molar-refractivity contribution in [3.05, 3.63) is 22.7 Å². The number of ether oxygens (including phenoxy) is 3. The molecule has 19 heavy (non-hydrogen) atoms. The smallest absolute Gasteiger partial charge is 0.344 e. The Morgan fingerprint density at radius 1 is 1.53 bits per heavy atom. The fraction of sp³-hybridized carbons (Fsp3) is 0.333. The van der Waals surface area contributed by atoms with Crippen LogP contribution in [0.1, 0.15) is 12.5 Å². The summed E-state index contributed by atoms with van der Waals surface area (Å²) in [7, 11) is 1.43. The molecule has 0 unspecified atom stereocenters. The zero-order valence-electron chi connectivity index (χ0n) is 10.6. The van der Waals surface area contributed by atoms with Gasteiger partial charge >= 0.3 is 5.97 Å². The molecule has 0 aliphatic rings. The fourth-order valence-electron chi connectivity index (χ4n) is 1.39.